The predicted octanol–water partition coefficient (Wildman–Crippen LogP) is 2.06. The molecule has 1 aromatic carbocycles. The Bertz CT molecular complexity index is 692. The van der Waals surface area contributed by atoms with Crippen molar-refractivity contribution in [1.29, 1.82) is 0 Å². The highest BCUT2D eigenvalue weighted by Gasteiger charge is 2.10. The topological polar surface area (TPSA) is 66.5 Å². The highest BCUT2D eigenvalue weighted by Crippen LogP contribution is 2.25. The lowest BCUT2D eigenvalue weighted by Crippen LogP contribution is -2.25. The highest BCUT2D eigenvalue weighted by atomic mass is 16.5. The quantitative estimate of drug-likeness (QED) is 0.914. The van der Waals surface area contributed by atoms with Crippen molar-refractivity contribution in [3.63, 3.8) is 0 Å². The van der Waals surface area contributed by atoms with Gasteiger partial charge in [0.25, 0.3) is 5.56 Å². The fourth-order valence-electron chi connectivity index (χ4n) is 2.29. The lowest BCUT2D eigenvalue weighted by Gasteiger charge is -2.15. The van der Waals surface area contributed by atoms with E-state index in [9.17, 15) is 4.79 Å². The van der Waals surface area contributed by atoms with Gasteiger partial charge in [-0.25, -0.2) is 0 Å². The third kappa shape index (κ3) is 3.08. The Hall–Kier alpha value is -2.27. The molecule has 0 radical (unpaired) electrons. The van der Waals surface area contributed by atoms with Gasteiger partial charge in [-0.15, -0.1) is 0 Å². The zero-order chi connectivity index (χ0) is 15.4. The summed E-state index contributed by atoms with van der Waals surface area (Å²) in [6.07, 6.45) is 0. The number of benzene rings is 1. The van der Waals surface area contributed by atoms with Crippen LogP contribution in [-0.2, 0) is 11.3 Å². The molecule has 0 fully saturated rings. The van der Waals surface area contributed by atoms with Gasteiger partial charge in [0.15, 0.2) is 0 Å². The van der Waals surface area contributed by atoms with E-state index in [4.69, 9.17) is 15.2 Å². The first-order chi connectivity index (χ1) is 10.1. The zero-order valence-electron chi connectivity index (χ0n) is 12.6. The van der Waals surface area contributed by atoms with Crippen LogP contribution in [-0.4, -0.2) is 25.4 Å². The Labute approximate surface area is 123 Å². The number of pyridine rings is 1. The van der Waals surface area contributed by atoms with Crippen LogP contribution in [0.3, 0.4) is 0 Å². The molecule has 0 amide bonds. The molecule has 0 bridgehead atoms. The van der Waals surface area contributed by atoms with Crippen molar-refractivity contribution in [2.75, 3.05) is 26.6 Å². The molecule has 0 saturated carbocycles. The van der Waals surface area contributed by atoms with E-state index < -0.39 is 0 Å². The van der Waals surface area contributed by atoms with Crippen LogP contribution in [0.2, 0.25) is 0 Å². The minimum absolute atomic E-state index is 0.196. The molecule has 2 aromatic rings. The molecule has 5 heteroatoms. The van der Waals surface area contributed by atoms with E-state index >= 15 is 0 Å². The number of aromatic nitrogens is 1. The standard InChI is InChI=1S/C16H20N2O3/c1-11-10-12(4-7-15(11)21-3)14-6-5-13(17)16(19)18(14)8-9-20-2/h4-7,10H,8-9,17H2,1-3H3. The Morgan fingerprint density at radius 3 is 2.57 bits per heavy atom. The van der Waals surface area contributed by atoms with E-state index in [0.29, 0.717) is 13.2 Å². The maximum absolute atomic E-state index is 12.2. The fourth-order valence-corrected chi connectivity index (χ4v) is 2.29. The summed E-state index contributed by atoms with van der Waals surface area (Å²) in [6.45, 7) is 2.88. The molecule has 5 nitrogen and oxygen atoms in total. The average molecular weight is 288 g/mol. The van der Waals surface area contributed by atoms with Gasteiger partial charge in [-0.2, -0.15) is 0 Å². The van der Waals surface area contributed by atoms with Crippen LogP contribution >= 0.6 is 0 Å². The third-order valence-electron chi connectivity index (χ3n) is 3.41. The number of hydrogen-bond acceptors (Lipinski definition) is 4. The summed E-state index contributed by atoms with van der Waals surface area (Å²) in [4.78, 5) is 12.2. The first-order valence-electron chi connectivity index (χ1n) is 6.71. The molecular weight excluding hydrogens is 268 g/mol. The molecular formula is C16H20N2O3. The van der Waals surface area contributed by atoms with E-state index in [1.165, 1.54) is 0 Å². The number of ether oxygens (including phenoxy) is 2. The zero-order valence-corrected chi connectivity index (χ0v) is 12.6. The third-order valence-corrected chi connectivity index (χ3v) is 3.41. The molecule has 1 heterocycles. The number of nitrogen functional groups attached to an aromatic ring is 1. The van der Waals surface area contributed by atoms with Crippen LogP contribution in [0.15, 0.2) is 35.1 Å². The van der Waals surface area contributed by atoms with E-state index in [2.05, 4.69) is 0 Å². The molecule has 2 N–H and O–H groups in total. The monoisotopic (exact) mass is 288 g/mol. The van der Waals surface area contributed by atoms with Gasteiger partial charge in [-0.3, -0.25) is 4.79 Å². The molecule has 0 aliphatic carbocycles. The first-order valence-corrected chi connectivity index (χ1v) is 6.71. The summed E-state index contributed by atoms with van der Waals surface area (Å²) in [5.41, 5.74) is 8.53. The summed E-state index contributed by atoms with van der Waals surface area (Å²) in [7, 11) is 3.24. The summed E-state index contributed by atoms with van der Waals surface area (Å²) in [5, 5.41) is 0. The molecule has 0 spiro atoms. The van der Waals surface area contributed by atoms with Crippen LogP contribution in [0.5, 0.6) is 5.75 Å². The lowest BCUT2D eigenvalue weighted by atomic mass is 10.1. The molecule has 1 aromatic heterocycles. The van der Waals surface area contributed by atoms with Gasteiger partial charge in [0.05, 0.1) is 25.1 Å². The number of methoxy groups -OCH3 is 2. The number of hydrogen-bond donors (Lipinski definition) is 1. The van der Waals surface area contributed by atoms with Gasteiger partial charge in [0.1, 0.15) is 5.75 Å². The minimum atomic E-state index is -0.196. The Kier molecular flexibility index (Phi) is 4.65. The first kappa shape index (κ1) is 15.1. The van der Waals surface area contributed by atoms with Gasteiger partial charge in [0.2, 0.25) is 0 Å². The summed E-state index contributed by atoms with van der Waals surface area (Å²) in [6, 6.07) is 9.31. The largest absolute Gasteiger partial charge is 0.496 e. The van der Waals surface area contributed by atoms with Crippen LogP contribution in [0.25, 0.3) is 11.3 Å². The molecule has 0 saturated heterocycles. The summed E-state index contributed by atoms with van der Waals surface area (Å²) < 4.78 is 12.0. The van der Waals surface area contributed by atoms with Gasteiger partial charge >= 0.3 is 0 Å². The van der Waals surface area contributed by atoms with Crippen molar-refractivity contribution in [2.45, 2.75) is 13.5 Å². The Balaban J connectivity index is 2.55. The Morgan fingerprint density at radius 1 is 1.19 bits per heavy atom. The smallest absolute Gasteiger partial charge is 0.274 e. The maximum atomic E-state index is 12.2. The highest BCUT2D eigenvalue weighted by molar-refractivity contribution is 5.64. The number of nitrogens with two attached hydrogens (primary N) is 1. The van der Waals surface area contributed by atoms with Crippen LogP contribution in [0, 0.1) is 6.92 Å². The molecule has 21 heavy (non-hydrogen) atoms. The second-order valence-electron chi connectivity index (χ2n) is 4.81. The van der Waals surface area contributed by atoms with Gasteiger partial charge in [0, 0.05) is 13.7 Å². The number of aryl methyl sites for hydroxylation is 1. The van der Waals surface area contributed by atoms with E-state index in [0.717, 1.165) is 22.6 Å². The lowest BCUT2D eigenvalue weighted by molar-refractivity contribution is 0.186. The van der Waals surface area contributed by atoms with Gasteiger partial charge in [-0.05, 0) is 48.4 Å². The molecule has 0 aliphatic heterocycles. The fraction of sp³-hybridized carbons (Fsp3) is 0.312. The molecule has 112 valence electrons. The summed E-state index contributed by atoms with van der Waals surface area (Å²) in [5.74, 6) is 0.819. The van der Waals surface area contributed by atoms with Crippen molar-refractivity contribution < 1.29 is 9.47 Å². The predicted molar refractivity (Wildman–Crippen MR) is 83.7 cm³/mol. The average Bonchev–Trinajstić information content (AvgIpc) is 2.48. The van der Waals surface area contributed by atoms with Crippen molar-refractivity contribution in [2.24, 2.45) is 0 Å². The van der Waals surface area contributed by atoms with Gasteiger partial charge in [-0.1, -0.05) is 0 Å². The molecule has 0 unspecified atom stereocenters. The molecule has 0 atom stereocenters. The van der Waals surface area contributed by atoms with Crippen molar-refractivity contribution >= 4 is 5.69 Å². The normalized spacial score (nSPS) is 10.6. The van der Waals surface area contributed by atoms with E-state index in [-0.39, 0.29) is 11.2 Å². The van der Waals surface area contributed by atoms with Crippen LogP contribution < -0.4 is 16.0 Å². The van der Waals surface area contributed by atoms with Crippen molar-refractivity contribution in [3.8, 4) is 17.0 Å². The SMILES string of the molecule is COCCn1c(-c2ccc(OC)c(C)c2)ccc(N)c1=O. The maximum Gasteiger partial charge on any atom is 0.274 e. The van der Waals surface area contributed by atoms with E-state index in [1.54, 1.807) is 24.9 Å². The summed E-state index contributed by atoms with van der Waals surface area (Å²) >= 11 is 0. The van der Waals surface area contributed by atoms with Gasteiger partial charge < -0.3 is 19.8 Å². The van der Waals surface area contributed by atoms with Crippen LogP contribution in [0.1, 0.15) is 5.56 Å². The Morgan fingerprint density at radius 2 is 1.95 bits per heavy atom. The van der Waals surface area contributed by atoms with Crippen molar-refractivity contribution in [3.05, 3.63) is 46.2 Å². The van der Waals surface area contributed by atoms with Crippen LogP contribution in [0.4, 0.5) is 5.69 Å². The van der Waals surface area contributed by atoms with Crippen molar-refractivity contribution in [1.82, 2.24) is 4.57 Å². The second-order valence-corrected chi connectivity index (χ2v) is 4.81. The number of nitrogens with zero attached hydrogens (tertiary/aromatic N) is 1. The van der Waals surface area contributed by atoms with E-state index in [1.807, 2.05) is 31.2 Å². The molecule has 0 aliphatic rings. The second kappa shape index (κ2) is 6.45. The molecule has 2 rings (SSSR count). The number of anilines is 1. The minimum Gasteiger partial charge on any atom is -0.496 e. The number of rotatable bonds is 5.